The Bertz CT molecular complexity index is 927. The zero-order valence-electron chi connectivity index (χ0n) is 16.0. The molecule has 1 N–H and O–H groups in total. The maximum absolute atomic E-state index is 13.6. The molecule has 0 spiro atoms. The number of hydrogen-bond acceptors (Lipinski definition) is 4. The van der Waals surface area contributed by atoms with Crippen LogP contribution in [-0.4, -0.2) is 37.7 Å². The van der Waals surface area contributed by atoms with Crippen LogP contribution in [-0.2, 0) is 17.5 Å². The van der Waals surface area contributed by atoms with Gasteiger partial charge in [-0.1, -0.05) is 18.2 Å². The fraction of sp³-hybridized carbons (Fsp3) is 0.350. The van der Waals surface area contributed by atoms with Gasteiger partial charge in [0.15, 0.2) is 0 Å². The van der Waals surface area contributed by atoms with Gasteiger partial charge in [-0.05, 0) is 41.6 Å². The Morgan fingerprint density at radius 3 is 2.35 bits per heavy atom. The van der Waals surface area contributed by atoms with Crippen LogP contribution in [0.15, 0.2) is 47.4 Å². The number of morpholine rings is 1. The van der Waals surface area contributed by atoms with Crippen molar-refractivity contribution in [3.05, 3.63) is 59.2 Å². The van der Waals surface area contributed by atoms with Gasteiger partial charge < -0.3 is 15.0 Å². The molecule has 0 unspecified atom stereocenters. The van der Waals surface area contributed by atoms with Gasteiger partial charge in [0.2, 0.25) is 0 Å². The van der Waals surface area contributed by atoms with Crippen LogP contribution in [0, 0.1) is 0 Å². The minimum Gasteiger partial charge on any atom is -0.378 e. The molecule has 11 heteroatoms. The number of hydrogen-bond donors (Lipinski definition) is 1. The van der Waals surface area contributed by atoms with Gasteiger partial charge >= 0.3 is 11.7 Å². The quantitative estimate of drug-likeness (QED) is 0.495. The van der Waals surface area contributed by atoms with Crippen LogP contribution < -0.4 is 10.2 Å². The fourth-order valence-corrected chi connectivity index (χ4v) is 3.81. The van der Waals surface area contributed by atoms with Crippen molar-refractivity contribution in [2.24, 2.45) is 0 Å². The Labute approximate surface area is 178 Å². The maximum atomic E-state index is 13.6. The molecule has 1 amide bonds. The van der Waals surface area contributed by atoms with Crippen molar-refractivity contribution in [2.75, 3.05) is 31.2 Å². The van der Waals surface area contributed by atoms with Crippen molar-refractivity contribution in [2.45, 2.75) is 23.1 Å². The van der Waals surface area contributed by atoms with Gasteiger partial charge in [-0.25, -0.2) is 0 Å². The second kappa shape index (κ2) is 9.39. The van der Waals surface area contributed by atoms with Gasteiger partial charge in [0.05, 0.1) is 24.3 Å². The van der Waals surface area contributed by atoms with E-state index >= 15 is 0 Å². The van der Waals surface area contributed by atoms with E-state index in [0.29, 0.717) is 32.0 Å². The van der Waals surface area contributed by atoms with Gasteiger partial charge in [0.25, 0.3) is 5.91 Å². The predicted octanol–water partition coefficient (Wildman–Crippen LogP) is 5.08. The highest BCUT2D eigenvalue weighted by atomic mass is 32.2. The fourth-order valence-electron chi connectivity index (χ4n) is 3.14. The molecular weight excluding hydrogens is 446 g/mol. The van der Waals surface area contributed by atoms with Crippen LogP contribution in [0.1, 0.15) is 21.5 Å². The highest BCUT2D eigenvalue weighted by Crippen LogP contribution is 2.38. The lowest BCUT2D eigenvalue weighted by atomic mass is 10.0. The normalized spacial score (nSPS) is 15.1. The molecule has 1 heterocycles. The molecule has 0 aliphatic carbocycles. The number of carbonyl (C=O) groups excluding carboxylic acids is 1. The summed E-state index contributed by atoms with van der Waals surface area (Å²) >= 11 is -0.454. The predicted molar refractivity (Wildman–Crippen MR) is 104 cm³/mol. The van der Waals surface area contributed by atoms with Crippen LogP contribution in [0.5, 0.6) is 0 Å². The first-order valence-electron chi connectivity index (χ1n) is 9.20. The summed E-state index contributed by atoms with van der Waals surface area (Å²) in [5.74, 6) is -0.891. The lowest BCUT2D eigenvalue weighted by Crippen LogP contribution is -2.36. The molecule has 0 aromatic heterocycles. The molecule has 168 valence electrons. The highest BCUT2D eigenvalue weighted by molar-refractivity contribution is 8.00. The number of halogens is 6. The van der Waals surface area contributed by atoms with E-state index in [0.717, 1.165) is 12.1 Å². The minimum absolute atomic E-state index is 0.182. The summed E-state index contributed by atoms with van der Waals surface area (Å²) in [7, 11) is 0. The molecule has 0 atom stereocenters. The first-order chi connectivity index (χ1) is 14.5. The molecule has 1 fully saturated rings. The van der Waals surface area contributed by atoms with Gasteiger partial charge in [0.1, 0.15) is 0 Å². The van der Waals surface area contributed by atoms with E-state index in [-0.39, 0.29) is 16.0 Å². The van der Waals surface area contributed by atoms with Crippen LogP contribution in [0.25, 0.3) is 0 Å². The van der Waals surface area contributed by atoms with Crippen molar-refractivity contribution in [1.82, 2.24) is 5.32 Å². The summed E-state index contributed by atoms with van der Waals surface area (Å²) in [5, 5.41) is 2.30. The van der Waals surface area contributed by atoms with Crippen LogP contribution >= 0.6 is 11.8 Å². The third kappa shape index (κ3) is 6.30. The van der Waals surface area contributed by atoms with Crippen molar-refractivity contribution < 1.29 is 35.9 Å². The van der Waals surface area contributed by atoms with E-state index in [1.54, 1.807) is 4.90 Å². The summed E-state index contributed by atoms with van der Waals surface area (Å²) in [6, 6.07) is 8.85. The first-order valence-corrected chi connectivity index (χ1v) is 10.0. The maximum Gasteiger partial charge on any atom is 0.446 e. The number of benzene rings is 2. The molecule has 2 aromatic rings. The third-order valence-corrected chi connectivity index (χ3v) is 5.38. The number of amides is 1. The van der Waals surface area contributed by atoms with Gasteiger partial charge in [-0.15, -0.1) is 0 Å². The topological polar surface area (TPSA) is 41.6 Å². The molecule has 0 bridgehead atoms. The van der Waals surface area contributed by atoms with Crippen molar-refractivity contribution in [3.8, 4) is 0 Å². The lowest BCUT2D eigenvalue weighted by molar-refractivity contribution is -0.138. The van der Waals surface area contributed by atoms with E-state index < -0.39 is 41.5 Å². The van der Waals surface area contributed by atoms with E-state index in [4.69, 9.17) is 4.74 Å². The summed E-state index contributed by atoms with van der Waals surface area (Å²) in [6.45, 7) is 1.26. The summed E-state index contributed by atoms with van der Waals surface area (Å²) in [6.07, 6.45) is -4.66. The minimum atomic E-state index is -4.66. The Kier molecular flexibility index (Phi) is 7.05. The van der Waals surface area contributed by atoms with Gasteiger partial charge in [-0.3, -0.25) is 4.79 Å². The smallest absolute Gasteiger partial charge is 0.378 e. The lowest BCUT2D eigenvalue weighted by Gasteiger charge is -2.29. The molecule has 2 aromatic carbocycles. The summed E-state index contributed by atoms with van der Waals surface area (Å²) in [5.41, 5.74) is -5.57. The summed E-state index contributed by atoms with van der Waals surface area (Å²) in [4.78, 5) is 13.8. The van der Waals surface area contributed by atoms with E-state index in [1.165, 1.54) is 30.3 Å². The standard InChI is InChI=1S/C20H18F6N2O2S/c21-19(22,23)16-11-14(28-7-9-30-10-8-28)6-5-13(16)12-27-18(29)15-3-1-2-4-17(15)31-20(24,25)26/h1-6,11H,7-10,12H2,(H,27,29). The van der Waals surface area contributed by atoms with E-state index in [1.807, 2.05) is 0 Å². The zero-order valence-corrected chi connectivity index (χ0v) is 16.8. The van der Waals surface area contributed by atoms with Crippen LogP contribution in [0.4, 0.5) is 32.0 Å². The highest BCUT2D eigenvalue weighted by Gasteiger charge is 2.34. The third-order valence-electron chi connectivity index (χ3n) is 4.57. The molecule has 0 radical (unpaired) electrons. The largest absolute Gasteiger partial charge is 0.446 e. The van der Waals surface area contributed by atoms with Crippen molar-refractivity contribution in [3.63, 3.8) is 0 Å². The molecule has 3 rings (SSSR count). The van der Waals surface area contributed by atoms with Crippen LogP contribution in [0.2, 0.25) is 0 Å². The number of thioether (sulfide) groups is 1. The van der Waals surface area contributed by atoms with E-state index in [2.05, 4.69) is 5.32 Å². The number of nitrogens with zero attached hydrogens (tertiary/aromatic N) is 1. The number of carbonyl (C=O) groups is 1. The number of anilines is 1. The van der Waals surface area contributed by atoms with Crippen LogP contribution in [0.3, 0.4) is 0 Å². The average molecular weight is 464 g/mol. The Hall–Kier alpha value is -2.40. The summed E-state index contributed by atoms with van der Waals surface area (Å²) < 4.78 is 84.1. The van der Waals surface area contributed by atoms with Gasteiger partial charge in [0, 0.05) is 30.2 Å². The number of ether oxygens (including phenoxy) is 1. The molecule has 4 nitrogen and oxygen atoms in total. The monoisotopic (exact) mass is 464 g/mol. The molecule has 1 aliphatic heterocycles. The molecule has 1 saturated heterocycles. The Morgan fingerprint density at radius 2 is 1.71 bits per heavy atom. The molecule has 0 saturated carbocycles. The molecule has 31 heavy (non-hydrogen) atoms. The second-order valence-corrected chi connectivity index (χ2v) is 7.77. The Balaban J connectivity index is 1.79. The number of alkyl halides is 6. The second-order valence-electron chi connectivity index (χ2n) is 6.67. The van der Waals surface area contributed by atoms with Crippen molar-refractivity contribution in [1.29, 1.82) is 0 Å². The average Bonchev–Trinajstić information content (AvgIpc) is 2.71. The van der Waals surface area contributed by atoms with Crippen molar-refractivity contribution >= 4 is 23.4 Å². The SMILES string of the molecule is O=C(NCc1ccc(N2CCOCC2)cc1C(F)(F)F)c1ccccc1SC(F)(F)F. The Morgan fingerprint density at radius 1 is 1.03 bits per heavy atom. The van der Waals surface area contributed by atoms with E-state index in [9.17, 15) is 31.1 Å². The van der Waals surface area contributed by atoms with Gasteiger partial charge in [-0.2, -0.15) is 26.3 Å². The first kappa shape index (κ1) is 23.3. The number of nitrogens with one attached hydrogen (secondary N) is 1. The molecular formula is C20H18F6N2O2S. The number of rotatable bonds is 5. The molecule has 1 aliphatic rings. The zero-order chi connectivity index (χ0) is 22.6.